The van der Waals surface area contributed by atoms with Crippen molar-refractivity contribution in [2.75, 3.05) is 10.8 Å². The Morgan fingerprint density at radius 3 is 2.45 bits per heavy atom. The first-order chi connectivity index (χ1) is 15.8. The number of anilines is 1. The molecule has 1 amide bonds. The van der Waals surface area contributed by atoms with Gasteiger partial charge in [0.15, 0.2) is 0 Å². The highest BCUT2D eigenvalue weighted by molar-refractivity contribution is 7.94. The second kappa shape index (κ2) is 9.55. The molecule has 0 radical (unpaired) electrons. The number of nitrogens with one attached hydrogen (secondary N) is 1. The lowest BCUT2D eigenvalue weighted by Crippen LogP contribution is -2.40. The second-order valence-corrected chi connectivity index (χ2v) is 10.2. The predicted molar refractivity (Wildman–Crippen MR) is 125 cm³/mol. The van der Waals surface area contributed by atoms with Gasteiger partial charge in [-0.3, -0.25) is 9.10 Å². The highest BCUT2D eigenvalue weighted by Gasteiger charge is 2.28. The molecule has 0 aliphatic heterocycles. The van der Waals surface area contributed by atoms with Crippen LogP contribution in [0.1, 0.15) is 11.4 Å². The van der Waals surface area contributed by atoms with Crippen molar-refractivity contribution in [3.05, 3.63) is 95.6 Å². The Kier molecular flexibility index (Phi) is 6.57. The molecule has 2 heterocycles. The summed E-state index contributed by atoms with van der Waals surface area (Å²) in [5.74, 6) is -0.108. The lowest BCUT2D eigenvalue weighted by molar-refractivity contribution is -0.119. The Hall–Kier alpha value is -3.50. The van der Waals surface area contributed by atoms with Gasteiger partial charge in [-0.15, -0.1) is 11.3 Å². The molecule has 0 fully saturated rings. The maximum atomic E-state index is 13.4. The molecule has 10 heteroatoms. The van der Waals surface area contributed by atoms with E-state index in [2.05, 4.69) is 10.3 Å². The van der Waals surface area contributed by atoms with Gasteiger partial charge in [0.1, 0.15) is 22.4 Å². The number of aromatic nitrogens is 2. The molecule has 1 N–H and O–H groups in total. The molecule has 0 saturated carbocycles. The average molecular weight is 485 g/mol. The second-order valence-electron chi connectivity index (χ2n) is 7.21. The summed E-state index contributed by atoms with van der Waals surface area (Å²) in [5.41, 5.74) is 2.02. The molecular weight excluding hydrogens is 463 g/mol. The van der Waals surface area contributed by atoms with Crippen LogP contribution in [0.4, 0.5) is 10.1 Å². The number of aryl methyl sites for hydroxylation is 1. The van der Waals surface area contributed by atoms with Crippen LogP contribution in [-0.2, 0) is 21.4 Å². The van der Waals surface area contributed by atoms with Crippen molar-refractivity contribution in [3.8, 4) is 5.69 Å². The molecule has 4 rings (SSSR count). The van der Waals surface area contributed by atoms with Crippen LogP contribution in [0.5, 0.6) is 0 Å². The van der Waals surface area contributed by atoms with Crippen LogP contribution in [0.2, 0.25) is 0 Å². The number of amides is 1. The number of imidazole rings is 1. The normalized spacial score (nSPS) is 11.3. The van der Waals surface area contributed by atoms with Gasteiger partial charge in [0.2, 0.25) is 5.91 Å². The number of sulfonamides is 1. The van der Waals surface area contributed by atoms with Gasteiger partial charge in [-0.05, 0) is 60.3 Å². The van der Waals surface area contributed by atoms with Crippen molar-refractivity contribution in [1.82, 2.24) is 14.9 Å². The summed E-state index contributed by atoms with van der Waals surface area (Å²) in [4.78, 5) is 16.9. The van der Waals surface area contributed by atoms with Crippen molar-refractivity contribution in [2.45, 2.75) is 17.7 Å². The highest BCUT2D eigenvalue weighted by Crippen LogP contribution is 2.26. The van der Waals surface area contributed by atoms with Crippen LogP contribution < -0.4 is 9.62 Å². The lowest BCUT2D eigenvalue weighted by Gasteiger charge is -2.23. The standard InChI is InChI=1S/C23H21FN4O3S2/c1-17-25-12-13-27(17)20-8-4-18(5-9-20)15-26-22(29)16-28(21-10-6-19(24)7-11-21)33(30,31)23-3-2-14-32-23/h2-14H,15-16H2,1H3,(H,26,29). The number of rotatable bonds is 8. The molecule has 0 bridgehead atoms. The predicted octanol–water partition coefficient (Wildman–Crippen LogP) is 3.89. The van der Waals surface area contributed by atoms with Gasteiger partial charge in [0.25, 0.3) is 10.0 Å². The lowest BCUT2D eigenvalue weighted by atomic mass is 10.2. The van der Waals surface area contributed by atoms with Crippen molar-refractivity contribution < 1.29 is 17.6 Å². The number of carbonyl (C=O) groups is 1. The molecule has 170 valence electrons. The summed E-state index contributed by atoms with van der Waals surface area (Å²) >= 11 is 1.05. The molecule has 0 aliphatic rings. The topological polar surface area (TPSA) is 84.3 Å². The third kappa shape index (κ3) is 5.12. The molecular formula is C23H21FN4O3S2. The summed E-state index contributed by atoms with van der Waals surface area (Å²) in [6, 6.07) is 15.7. The molecule has 4 aromatic rings. The zero-order valence-corrected chi connectivity index (χ0v) is 19.3. The molecule has 0 aliphatic carbocycles. The summed E-state index contributed by atoms with van der Waals surface area (Å²) < 4.78 is 42.7. The SMILES string of the molecule is Cc1nccn1-c1ccc(CNC(=O)CN(c2ccc(F)cc2)S(=O)(=O)c2cccs2)cc1. The van der Waals surface area contributed by atoms with Crippen molar-refractivity contribution >= 4 is 33.0 Å². The molecule has 0 unspecified atom stereocenters. The minimum absolute atomic E-state index is 0.102. The maximum absolute atomic E-state index is 13.4. The average Bonchev–Trinajstić information content (AvgIpc) is 3.50. The minimum Gasteiger partial charge on any atom is -0.350 e. The monoisotopic (exact) mass is 484 g/mol. The zero-order chi connectivity index (χ0) is 23.4. The first kappa shape index (κ1) is 22.7. The van der Waals surface area contributed by atoms with Crippen LogP contribution in [-0.4, -0.2) is 30.4 Å². The van der Waals surface area contributed by atoms with Gasteiger partial charge in [-0.25, -0.2) is 17.8 Å². The van der Waals surface area contributed by atoms with E-state index in [9.17, 15) is 17.6 Å². The summed E-state index contributed by atoms with van der Waals surface area (Å²) in [5, 5.41) is 4.40. The first-order valence-electron chi connectivity index (χ1n) is 10.0. The van der Waals surface area contributed by atoms with Crippen LogP contribution in [0.25, 0.3) is 5.69 Å². The van der Waals surface area contributed by atoms with Crippen molar-refractivity contribution in [3.63, 3.8) is 0 Å². The molecule has 7 nitrogen and oxygen atoms in total. The van der Waals surface area contributed by atoms with E-state index in [0.29, 0.717) is 0 Å². The fourth-order valence-corrected chi connectivity index (χ4v) is 5.78. The van der Waals surface area contributed by atoms with E-state index in [1.54, 1.807) is 17.6 Å². The summed E-state index contributed by atoms with van der Waals surface area (Å²) in [6.07, 6.45) is 3.59. The smallest absolute Gasteiger partial charge is 0.274 e. The fourth-order valence-electron chi connectivity index (χ4n) is 3.25. The Morgan fingerprint density at radius 2 is 1.85 bits per heavy atom. The van der Waals surface area contributed by atoms with Crippen LogP contribution in [0, 0.1) is 12.7 Å². The van der Waals surface area contributed by atoms with Gasteiger partial charge in [-0.2, -0.15) is 0 Å². The van der Waals surface area contributed by atoms with Crippen LogP contribution in [0.15, 0.2) is 82.6 Å². The minimum atomic E-state index is -3.98. The Bertz CT molecular complexity index is 1330. The van der Waals surface area contributed by atoms with Gasteiger partial charge in [0.05, 0.1) is 5.69 Å². The molecule has 33 heavy (non-hydrogen) atoms. The van der Waals surface area contributed by atoms with Crippen molar-refractivity contribution in [1.29, 1.82) is 0 Å². The van der Waals surface area contributed by atoms with Crippen LogP contribution >= 0.6 is 11.3 Å². The Balaban J connectivity index is 1.47. The van der Waals surface area contributed by atoms with E-state index in [4.69, 9.17) is 0 Å². The number of nitrogens with zero attached hydrogens (tertiary/aromatic N) is 3. The maximum Gasteiger partial charge on any atom is 0.274 e. The number of halogens is 1. The van der Waals surface area contributed by atoms with E-state index >= 15 is 0 Å². The molecule has 2 aromatic heterocycles. The first-order valence-corrected chi connectivity index (χ1v) is 12.3. The molecule has 0 saturated heterocycles. The van der Waals surface area contributed by atoms with Gasteiger partial charge >= 0.3 is 0 Å². The van der Waals surface area contributed by atoms with Crippen LogP contribution in [0.3, 0.4) is 0 Å². The molecule has 0 spiro atoms. The third-order valence-electron chi connectivity index (χ3n) is 4.97. The van der Waals surface area contributed by atoms with Gasteiger partial charge in [0, 0.05) is 24.6 Å². The largest absolute Gasteiger partial charge is 0.350 e. The number of hydrogen-bond donors (Lipinski definition) is 1. The van der Waals surface area contributed by atoms with E-state index in [1.165, 1.54) is 18.2 Å². The molecule has 2 aromatic carbocycles. The fraction of sp³-hybridized carbons (Fsp3) is 0.130. The Morgan fingerprint density at radius 1 is 1.12 bits per heavy atom. The van der Waals surface area contributed by atoms with Gasteiger partial charge in [-0.1, -0.05) is 18.2 Å². The number of hydrogen-bond acceptors (Lipinski definition) is 5. The number of carbonyl (C=O) groups excluding carboxylic acids is 1. The quantitative estimate of drug-likeness (QED) is 0.411. The van der Waals surface area contributed by atoms with E-state index in [-0.39, 0.29) is 16.4 Å². The van der Waals surface area contributed by atoms with E-state index in [0.717, 1.165) is 44.8 Å². The summed E-state index contributed by atoms with van der Waals surface area (Å²) in [6.45, 7) is 1.71. The Labute approximate surface area is 195 Å². The third-order valence-corrected chi connectivity index (χ3v) is 8.12. The van der Waals surface area contributed by atoms with Crippen molar-refractivity contribution in [2.24, 2.45) is 0 Å². The zero-order valence-electron chi connectivity index (χ0n) is 17.7. The van der Waals surface area contributed by atoms with E-state index < -0.39 is 28.3 Å². The summed E-state index contributed by atoms with van der Waals surface area (Å²) in [7, 11) is -3.98. The highest BCUT2D eigenvalue weighted by atomic mass is 32.2. The number of benzene rings is 2. The number of thiophene rings is 1. The van der Waals surface area contributed by atoms with Gasteiger partial charge < -0.3 is 9.88 Å². The van der Waals surface area contributed by atoms with E-state index in [1.807, 2.05) is 42.0 Å². The molecule has 0 atom stereocenters.